The van der Waals surface area contributed by atoms with E-state index in [-0.39, 0.29) is 11.4 Å². The van der Waals surface area contributed by atoms with Crippen molar-refractivity contribution < 1.29 is 4.39 Å². The van der Waals surface area contributed by atoms with Gasteiger partial charge in [0.15, 0.2) is 0 Å². The van der Waals surface area contributed by atoms with Crippen LogP contribution in [0.1, 0.15) is 52.0 Å². The standard InChI is InChI=1S/C18H27BrFN/c1-18(2,3)21-12-15(14-6-4-5-7-14)10-13-8-9-17(20)16(19)11-13/h8-9,11,14-15,21H,4-7,10,12H2,1-3H3. The Morgan fingerprint density at radius 3 is 2.52 bits per heavy atom. The van der Waals surface area contributed by atoms with Crippen LogP contribution < -0.4 is 5.32 Å². The summed E-state index contributed by atoms with van der Waals surface area (Å²) in [5.74, 6) is 1.27. The fraction of sp³-hybridized carbons (Fsp3) is 0.667. The van der Waals surface area contributed by atoms with Crippen molar-refractivity contribution in [1.29, 1.82) is 0 Å². The van der Waals surface area contributed by atoms with Crippen molar-refractivity contribution in [3.63, 3.8) is 0 Å². The summed E-state index contributed by atoms with van der Waals surface area (Å²) in [6.07, 6.45) is 6.46. The predicted octanol–water partition coefficient (Wildman–Crippen LogP) is 5.33. The van der Waals surface area contributed by atoms with Gasteiger partial charge in [-0.25, -0.2) is 4.39 Å². The van der Waals surface area contributed by atoms with Crippen molar-refractivity contribution in [2.24, 2.45) is 11.8 Å². The highest BCUT2D eigenvalue weighted by Gasteiger charge is 2.26. The molecule has 1 aliphatic carbocycles. The second-order valence-corrected chi connectivity index (χ2v) is 8.24. The number of nitrogens with one attached hydrogen (secondary N) is 1. The lowest BCUT2D eigenvalue weighted by Gasteiger charge is -2.29. The molecule has 118 valence electrons. The van der Waals surface area contributed by atoms with Crippen LogP contribution in [0, 0.1) is 17.7 Å². The summed E-state index contributed by atoms with van der Waals surface area (Å²) < 4.78 is 14.0. The summed E-state index contributed by atoms with van der Waals surface area (Å²) in [5, 5.41) is 3.66. The molecule has 0 amide bonds. The van der Waals surface area contributed by atoms with Crippen LogP contribution >= 0.6 is 15.9 Å². The van der Waals surface area contributed by atoms with Crippen LogP contribution in [0.3, 0.4) is 0 Å². The van der Waals surface area contributed by atoms with Crippen molar-refractivity contribution in [2.45, 2.75) is 58.4 Å². The van der Waals surface area contributed by atoms with E-state index in [1.54, 1.807) is 6.07 Å². The van der Waals surface area contributed by atoms with Gasteiger partial charge in [-0.3, -0.25) is 0 Å². The fourth-order valence-corrected chi connectivity index (χ4v) is 3.67. The lowest BCUT2D eigenvalue weighted by Crippen LogP contribution is -2.41. The fourth-order valence-electron chi connectivity index (χ4n) is 3.24. The van der Waals surface area contributed by atoms with E-state index in [2.05, 4.69) is 42.0 Å². The molecule has 1 nitrogen and oxygen atoms in total. The first kappa shape index (κ1) is 17.0. The van der Waals surface area contributed by atoms with Gasteiger partial charge >= 0.3 is 0 Å². The van der Waals surface area contributed by atoms with Gasteiger partial charge in [-0.2, -0.15) is 0 Å². The summed E-state index contributed by atoms with van der Waals surface area (Å²) in [4.78, 5) is 0. The second kappa shape index (κ2) is 7.23. The number of hydrogen-bond acceptors (Lipinski definition) is 1. The zero-order valence-electron chi connectivity index (χ0n) is 13.4. The molecule has 1 fully saturated rings. The van der Waals surface area contributed by atoms with E-state index < -0.39 is 0 Å². The molecule has 2 rings (SSSR count). The first-order chi connectivity index (χ1) is 9.85. The van der Waals surface area contributed by atoms with Gasteiger partial charge in [0.1, 0.15) is 5.82 Å². The highest BCUT2D eigenvalue weighted by molar-refractivity contribution is 9.10. The molecule has 1 aromatic carbocycles. The van der Waals surface area contributed by atoms with Gasteiger partial charge in [-0.15, -0.1) is 0 Å². The average molecular weight is 356 g/mol. The highest BCUT2D eigenvalue weighted by atomic mass is 79.9. The van der Waals surface area contributed by atoms with Gasteiger partial charge < -0.3 is 5.32 Å². The molecule has 1 unspecified atom stereocenters. The van der Waals surface area contributed by atoms with Crippen LogP contribution in [0.5, 0.6) is 0 Å². The molecule has 0 bridgehead atoms. The third-order valence-corrected chi connectivity index (χ3v) is 5.05. The summed E-state index contributed by atoms with van der Waals surface area (Å²) in [7, 11) is 0. The minimum atomic E-state index is -0.177. The van der Waals surface area contributed by atoms with E-state index in [0.717, 1.165) is 18.9 Å². The summed E-state index contributed by atoms with van der Waals surface area (Å²) in [5.41, 5.74) is 1.39. The first-order valence-corrected chi connectivity index (χ1v) is 8.83. The molecule has 1 aliphatic rings. The van der Waals surface area contributed by atoms with E-state index in [1.165, 1.54) is 31.2 Å². The molecule has 1 N–H and O–H groups in total. The van der Waals surface area contributed by atoms with Crippen molar-refractivity contribution in [3.05, 3.63) is 34.1 Å². The Hall–Kier alpha value is -0.410. The van der Waals surface area contributed by atoms with Gasteiger partial charge in [0.05, 0.1) is 4.47 Å². The molecule has 0 saturated heterocycles. The van der Waals surface area contributed by atoms with Crippen molar-refractivity contribution >= 4 is 15.9 Å². The van der Waals surface area contributed by atoms with Crippen molar-refractivity contribution in [3.8, 4) is 0 Å². The van der Waals surface area contributed by atoms with Crippen LogP contribution in [-0.2, 0) is 6.42 Å². The molecular weight excluding hydrogens is 329 g/mol. The van der Waals surface area contributed by atoms with E-state index >= 15 is 0 Å². The third kappa shape index (κ3) is 5.37. The minimum absolute atomic E-state index is 0.153. The number of hydrogen-bond donors (Lipinski definition) is 1. The second-order valence-electron chi connectivity index (χ2n) is 7.39. The Bertz CT molecular complexity index is 461. The summed E-state index contributed by atoms with van der Waals surface area (Å²) in [6.45, 7) is 7.69. The lowest BCUT2D eigenvalue weighted by atomic mass is 9.85. The van der Waals surface area contributed by atoms with Gasteiger partial charge in [0.25, 0.3) is 0 Å². The SMILES string of the molecule is CC(C)(C)NCC(Cc1ccc(F)c(Br)c1)C1CCCC1. The van der Waals surface area contributed by atoms with Gasteiger partial charge in [-0.05, 0) is 79.2 Å². The number of halogens is 2. The summed E-state index contributed by atoms with van der Waals surface area (Å²) >= 11 is 3.30. The molecule has 0 spiro atoms. The van der Waals surface area contributed by atoms with E-state index in [1.807, 2.05) is 12.1 Å². The molecule has 21 heavy (non-hydrogen) atoms. The molecule has 0 aliphatic heterocycles. The first-order valence-electron chi connectivity index (χ1n) is 8.04. The molecular formula is C18H27BrFN. The Balaban J connectivity index is 2.05. The molecule has 1 saturated carbocycles. The Labute approximate surface area is 136 Å². The smallest absolute Gasteiger partial charge is 0.137 e. The number of rotatable bonds is 5. The van der Waals surface area contributed by atoms with E-state index in [4.69, 9.17) is 0 Å². The van der Waals surface area contributed by atoms with E-state index in [0.29, 0.717) is 10.4 Å². The molecule has 0 radical (unpaired) electrons. The predicted molar refractivity (Wildman–Crippen MR) is 91.0 cm³/mol. The third-order valence-electron chi connectivity index (χ3n) is 4.44. The Morgan fingerprint density at radius 1 is 1.29 bits per heavy atom. The zero-order valence-corrected chi connectivity index (χ0v) is 15.0. The molecule has 0 aromatic heterocycles. The molecule has 3 heteroatoms. The lowest BCUT2D eigenvalue weighted by molar-refractivity contribution is 0.286. The van der Waals surface area contributed by atoms with Gasteiger partial charge in [0.2, 0.25) is 0 Å². The largest absolute Gasteiger partial charge is 0.312 e. The average Bonchev–Trinajstić information content (AvgIpc) is 2.91. The normalized spacial score (nSPS) is 18.1. The highest BCUT2D eigenvalue weighted by Crippen LogP contribution is 2.33. The van der Waals surface area contributed by atoms with Crippen LogP contribution in [0.15, 0.2) is 22.7 Å². The monoisotopic (exact) mass is 355 g/mol. The molecule has 1 atom stereocenters. The zero-order chi connectivity index (χ0) is 15.5. The topological polar surface area (TPSA) is 12.0 Å². The van der Waals surface area contributed by atoms with Crippen LogP contribution in [0.4, 0.5) is 4.39 Å². The van der Waals surface area contributed by atoms with E-state index in [9.17, 15) is 4.39 Å². The van der Waals surface area contributed by atoms with Gasteiger partial charge in [-0.1, -0.05) is 31.7 Å². The number of benzene rings is 1. The Kier molecular flexibility index (Phi) is 5.84. The van der Waals surface area contributed by atoms with Crippen LogP contribution in [-0.4, -0.2) is 12.1 Å². The van der Waals surface area contributed by atoms with Crippen LogP contribution in [0.25, 0.3) is 0 Å². The molecule has 1 aromatic rings. The molecule has 0 heterocycles. The Morgan fingerprint density at radius 2 is 1.95 bits per heavy atom. The maximum atomic E-state index is 13.4. The summed E-state index contributed by atoms with van der Waals surface area (Å²) in [6, 6.07) is 5.44. The quantitative estimate of drug-likeness (QED) is 0.752. The maximum Gasteiger partial charge on any atom is 0.137 e. The minimum Gasteiger partial charge on any atom is -0.312 e. The van der Waals surface area contributed by atoms with Crippen molar-refractivity contribution in [1.82, 2.24) is 5.32 Å². The van der Waals surface area contributed by atoms with Crippen LogP contribution in [0.2, 0.25) is 0 Å². The maximum absolute atomic E-state index is 13.4. The van der Waals surface area contributed by atoms with Gasteiger partial charge in [0, 0.05) is 5.54 Å². The van der Waals surface area contributed by atoms with Crippen molar-refractivity contribution in [2.75, 3.05) is 6.54 Å².